The molecule has 0 fully saturated rings. The number of benzene rings is 2. The van der Waals surface area contributed by atoms with E-state index in [1.807, 2.05) is 25.1 Å². The Morgan fingerprint density at radius 2 is 1.67 bits per heavy atom. The first-order chi connectivity index (χ1) is 11.3. The van der Waals surface area contributed by atoms with E-state index in [9.17, 15) is 13.2 Å². The third-order valence-electron chi connectivity index (χ3n) is 3.55. The van der Waals surface area contributed by atoms with Crippen molar-refractivity contribution in [1.29, 1.82) is 0 Å². The van der Waals surface area contributed by atoms with Crippen molar-refractivity contribution in [3.63, 3.8) is 0 Å². The van der Waals surface area contributed by atoms with Gasteiger partial charge in [-0.1, -0.05) is 42.5 Å². The second-order valence-electron chi connectivity index (χ2n) is 5.82. The maximum absolute atomic E-state index is 12.4. The second-order valence-corrected chi connectivity index (χ2v) is 7.57. The molecule has 2 N–H and O–H groups in total. The van der Waals surface area contributed by atoms with Crippen LogP contribution in [0.4, 0.5) is 5.69 Å². The first kappa shape index (κ1) is 18.0. The molecule has 0 aliphatic carbocycles. The number of nitrogens with one attached hydrogen (secondary N) is 2. The lowest BCUT2D eigenvalue weighted by Crippen LogP contribution is -2.33. The summed E-state index contributed by atoms with van der Waals surface area (Å²) in [6.45, 7) is 1.94. The zero-order valence-electron chi connectivity index (χ0n) is 13.8. The van der Waals surface area contributed by atoms with E-state index >= 15 is 0 Å². The van der Waals surface area contributed by atoms with Crippen molar-refractivity contribution in [2.45, 2.75) is 25.8 Å². The maximum atomic E-state index is 12.4. The summed E-state index contributed by atoms with van der Waals surface area (Å²) in [7, 11) is -3.44. The minimum atomic E-state index is -3.44. The molecular formula is C18H22N2O3S. The van der Waals surface area contributed by atoms with Crippen LogP contribution in [0.15, 0.2) is 54.6 Å². The molecule has 1 atom stereocenters. The van der Waals surface area contributed by atoms with E-state index in [1.165, 1.54) is 5.56 Å². The number of hydrogen-bond acceptors (Lipinski definition) is 3. The summed E-state index contributed by atoms with van der Waals surface area (Å²) < 4.78 is 25.2. The van der Waals surface area contributed by atoms with E-state index in [0.717, 1.165) is 19.1 Å². The molecule has 2 aromatic carbocycles. The van der Waals surface area contributed by atoms with Gasteiger partial charge in [0.15, 0.2) is 0 Å². The average Bonchev–Trinajstić information content (AvgIpc) is 2.53. The summed E-state index contributed by atoms with van der Waals surface area (Å²) in [5, 5.41) is 2.92. The Hall–Kier alpha value is -2.34. The lowest BCUT2D eigenvalue weighted by Gasteiger charge is -2.16. The highest BCUT2D eigenvalue weighted by molar-refractivity contribution is 7.92. The minimum absolute atomic E-state index is 0.0241. The second kappa shape index (κ2) is 7.97. The number of hydrogen-bond donors (Lipinski definition) is 2. The van der Waals surface area contributed by atoms with Gasteiger partial charge in [-0.15, -0.1) is 0 Å². The van der Waals surface area contributed by atoms with Crippen molar-refractivity contribution in [2.24, 2.45) is 0 Å². The molecule has 2 aromatic rings. The molecule has 2 rings (SSSR count). The molecule has 0 saturated heterocycles. The Morgan fingerprint density at radius 1 is 1.04 bits per heavy atom. The van der Waals surface area contributed by atoms with E-state index in [0.29, 0.717) is 5.56 Å². The Morgan fingerprint density at radius 3 is 2.33 bits per heavy atom. The van der Waals surface area contributed by atoms with Gasteiger partial charge in [-0.3, -0.25) is 9.52 Å². The highest BCUT2D eigenvalue weighted by Gasteiger charge is 2.15. The molecule has 6 heteroatoms. The normalized spacial score (nSPS) is 12.4. The highest BCUT2D eigenvalue weighted by Crippen LogP contribution is 2.16. The number of aryl methyl sites for hydroxylation is 1. The predicted molar refractivity (Wildman–Crippen MR) is 96.6 cm³/mol. The number of rotatable bonds is 7. The average molecular weight is 346 g/mol. The number of carbonyl (C=O) groups is 1. The van der Waals surface area contributed by atoms with Crippen molar-refractivity contribution in [3.05, 3.63) is 65.7 Å². The summed E-state index contributed by atoms with van der Waals surface area (Å²) in [6.07, 6.45) is 2.73. The molecule has 1 unspecified atom stereocenters. The topological polar surface area (TPSA) is 75.3 Å². The van der Waals surface area contributed by atoms with E-state index in [1.54, 1.807) is 24.3 Å². The van der Waals surface area contributed by atoms with Crippen molar-refractivity contribution in [2.75, 3.05) is 11.0 Å². The molecule has 1 amide bonds. The van der Waals surface area contributed by atoms with Crippen LogP contribution in [0, 0.1) is 0 Å². The number of para-hydroxylation sites is 1. The van der Waals surface area contributed by atoms with Gasteiger partial charge in [0.05, 0.1) is 17.5 Å². The van der Waals surface area contributed by atoms with Crippen LogP contribution in [0.1, 0.15) is 29.3 Å². The molecule has 0 bridgehead atoms. The Balaban J connectivity index is 1.99. The first-order valence-corrected chi connectivity index (χ1v) is 9.66. The zero-order chi connectivity index (χ0) is 17.6. The Labute approximate surface area is 143 Å². The number of amides is 1. The van der Waals surface area contributed by atoms with Crippen molar-refractivity contribution in [3.8, 4) is 0 Å². The van der Waals surface area contributed by atoms with Crippen LogP contribution in [0.25, 0.3) is 0 Å². The number of carbonyl (C=O) groups excluding carboxylic acids is 1. The largest absolute Gasteiger partial charge is 0.350 e. The van der Waals surface area contributed by atoms with Gasteiger partial charge in [-0.05, 0) is 37.5 Å². The molecule has 5 nitrogen and oxygen atoms in total. The van der Waals surface area contributed by atoms with Gasteiger partial charge < -0.3 is 5.32 Å². The van der Waals surface area contributed by atoms with Gasteiger partial charge in [-0.25, -0.2) is 8.42 Å². The minimum Gasteiger partial charge on any atom is -0.350 e. The summed E-state index contributed by atoms with van der Waals surface area (Å²) in [5.41, 5.74) is 1.82. The molecule has 0 spiro atoms. The van der Waals surface area contributed by atoms with Crippen LogP contribution in [0.3, 0.4) is 0 Å². The zero-order valence-corrected chi connectivity index (χ0v) is 14.6. The van der Waals surface area contributed by atoms with E-state index in [-0.39, 0.29) is 17.6 Å². The van der Waals surface area contributed by atoms with E-state index in [4.69, 9.17) is 0 Å². The molecule has 0 heterocycles. The number of sulfonamides is 1. The van der Waals surface area contributed by atoms with Crippen LogP contribution in [0.5, 0.6) is 0 Å². The van der Waals surface area contributed by atoms with Crippen LogP contribution >= 0.6 is 0 Å². The molecule has 0 aromatic heterocycles. The standard InChI is InChI=1S/C18H22N2O3S/c1-14(12-13-15-8-4-3-5-9-15)19-18(21)16-10-6-7-11-17(16)20-24(2,22)23/h3-11,14,20H,12-13H2,1-2H3,(H,19,21). The molecule has 24 heavy (non-hydrogen) atoms. The Bertz CT molecular complexity index is 789. The highest BCUT2D eigenvalue weighted by atomic mass is 32.2. The summed E-state index contributed by atoms with van der Waals surface area (Å²) in [4.78, 5) is 12.4. The molecule has 0 aliphatic heterocycles. The third-order valence-corrected chi connectivity index (χ3v) is 4.14. The van der Waals surface area contributed by atoms with Crippen LogP contribution in [0.2, 0.25) is 0 Å². The van der Waals surface area contributed by atoms with Crippen LogP contribution in [-0.4, -0.2) is 26.6 Å². The summed E-state index contributed by atoms with van der Waals surface area (Å²) in [6, 6.07) is 16.6. The molecule has 0 saturated carbocycles. The van der Waals surface area contributed by atoms with Crippen molar-refractivity contribution in [1.82, 2.24) is 5.32 Å². The monoisotopic (exact) mass is 346 g/mol. The van der Waals surface area contributed by atoms with E-state index < -0.39 is 10.0 Å². The number of anilines is 1. The maximum Gasteiger partial charge on any atom is 0.253 e. The smallest absolute Gasteiger partial charge is 0.253 e. The summed E-state index contributed by atoms with van der Waals surface area (Å²) >= 11 is 0. The van der Waals surface area contributed by atoms with Gasteiger partial charge in [0.25, 0.3) is 5.91 Å². The van der Waals surface area contributed by atoms with Gasteiger partial charge in [0.1, 0.15) is 0 Å². The van der Waals surface area contributed by atoms with Crippen LogP contribution in [-0.2, 0) is 16.4 Å². The third kappa shape index (κ3) is 5.70. The first-order valence-electron chi connectivity index (χ1n) is 7.77. The van der Waals surface area contributed by atoms with Crippen LogP contribution < -0.4 is 10.0 Å². The predicted octanol–water partition coefficient (Wildman–Crippen LogP) is 2.81. The molecular weight excluding hydrogens is 324 g/mol. The van der Waals surface area contributed by atoms with Gasteiger partial charge >= 0.3 is 0 Å². The van der Waals surface area contributed by atoms with Gasteiger partial charge in [0, 0.05) is 6.04 Å². The molecule has 0 radical (unpaired) electrons. The van der Waals surface area contributed by atoms with Gasteiger partial charge in [-0.2, -0.15) is 0 Å². The SMILES string of the molecule is CC(CCc1ccccc1)NC(=O)c1ccccc1NS(C)(=O)=O. The van der Waals surface area contributed by atoms with Gasteiger partial charge in [0.2, 0.25) is 10.0 Å². The fourth-order valence-corrected chi connectivity index (χ4v) is 2.95. The van der Waals surface area contributed by atoms with E-state index in [2.05, 4.69) is 22.2 Å². The lowest BCUT2D eigenvalue weighted by atomic mass is 10.1. The summed E-state index contributed by atoms with van der Waals surface area (Å²) in [5.74, 6) is -0.290. The lowest BCUT2D eigenvalue weighted by molar-refractivity contribution is 0.0939. The van der Waals surface area contributed by atoms with Crippen molar-refractivity contribution < 1.29 is 13.2 Å². The Kier molecular flexibility index (Phi) is 5.98. The molecule has 128 valence electrons. The van der Waals surface area contributed by atoms with Crippen molar-refractivity contribution >= 4 is 21.6 Å². The molecule has 0 aliphatic rings. The fraction of sp³-hybridized carbons (Fsp3) is 0.278. The quantitative estimate of drug-likeness (QED) is 0.809. The fourth-order valence-electron chi connectivity index (χ4n) is 2.37.